The number of aryl methyl sites for hydroxylation is 2. The molecule has 0 atom stereocenters. The molecular formula is C14H13NO4. The van der Waals surface area contributed by atoms with Crippen LogP contribution in [0.5, 0.6) is 0 Å². The van der Waals surface area contributed by atoms with E-state index in [1.54, 1.807) is 0 Å². The van der Waals surface area contributed by atoms with Gasteiger partial charge in [0.15, 0.2) is 0 Å². The largest absolute Gasteiger partial charge is 0.502 e. The lowest BCUT2D eigenvalue weighted by atomic mass is 10.1. The number of benzene rings is 1. The minimum atomic E-state index is -1.41. The molecule has 0 unspecified atom stereocenters. The van der Waals surface area contributed by atoms with Gasteiger partial charge in [-0.3, -0.25) is 0 Å². The smallest absolute Gasteiger partial charge is 0.371 e. The van der Waals surface area contributed by atoms with Crippen LogP contribution in [-0.2, 0) is 17.6 Å². The fourth-order valence-electron chi connectivity index (χ4n) is 1.60. The van der Waals surface area contributed by atoms with E-state index in [4.69, 9.17) is 14.6 Å². The summed E-state index contributed by atoms with van der Waals surface area (Å²) in [6.45, 7) is 0. The number of carboxylic acids is 1. The Morgan fingerprint density at radius 3 is 2.63 bits per heavy atom. The van der Waals surface area contributed by atoms with Crippen LogP contribution in [0.2, 0.25) is 0 Å². The second-order valence-electron chi connectivity index (χ2n) is 3.99. The Morgan fingerprint density at radius 1 is 1.21 bits per heavy atom. The van der Waals surface area contributed by atoms with Crippen molar-refractivity contribution >= 4 is 12.0 Å². The van der Waals surface area contributed by atoms with Gasteiger partial charge in [-0.1, -0.05) is 30.3 Å². The van der Waals surface area contributed by atoms with Gasteiger partial charge in [-0.05, 0) is 12.0 Å². The number of hydrogen-bond donors (Lipinski definition) is 2. The fourth-order valence-corrected chi connectivity index (χ4v) is 1.60. The topological polar surface area (TPSA) is 83.6 Å². The summed E-state index contributed by atoms with van der Waals surface area (Å²) in [5, 5.41) is 17.6. The third kappa shape index (κ3) is 3.70. The third-order valence-electron chi connectivity index (χ3n) is 2.55. The SMILES string of the molecule is O=C(O)/C(O)=C/c1ncc(CCc2ccccc2)o1. The van der Waals surface area contributed by atoms with Crippen LogP contribution in [0.25, 0.3) is 6.08 Å². The van der Waals surface area contributed by atoms with E-state index in [1.807, 2.05) is 30.3 Å². The Balaban J connectivity index is 1.98. The zero-order valence-electron chi connectivity index (χ0n) is 10.1. The van der Waals surface area contributed by atoms with E-state index in [1.165, 1.54) is 11.8 Å². The first-order chi connectivity index (χ1) is 9.15. The number of aromatic nitrogens is 1. The van der Waals surface area contributed by atoms with E-state index in [0.29, 0.717) is 12.2 Å². The number of carboxylic acid groups (broad SMARTS) is 1. The average Bonchev–Trinajstić information content (AvgIpc) is 2.85. The van der Waals surface area contributed by atoms with Crippen molar-refractivity contribution in [1.82, 2.24) is 4.98 Å². The summed E-state index contributed by atoms with van der Waals surface area (Å²) in [6.07, 6.45) is 3.99. The summed E-state index contributed by atoms with van der Waals surface area (Å²) < 4.78 is 5.32. The van der Waals surface area contributed by atoms with Gasteiger partial charge in [0.1, 0.15) is 5.76 Å². The highest BCUT2D eigenvalue weighted by atomic mass is 16.4. The summed E-state index contributed by atoms with van der Waals surface area (Å²) in [5.41, 5.74) is 1.18. The molecule has 0 amide bonds. The summed E-state index contributed by atoms with van der Waals surface area (Å²) in [5.74, 6) is -1.48. The first-order valence-corrected chi connectivity index (χ1v) is 5.78. The van der Waals surface area contributed by atoms with Crippen LogP contribution in [0.15, 0.2) is 46.7 Å². The summed E-state index contributed by atoms with van der Waals surface area (Å²) >= 11 is 0. The normalized spacial score (nSPS) is 11.5. The molecule has 1 aromatic heterocycles. The average molecular weight is 259 g/mol. The molecule has 5 nitrogen and oxygen atoms in total. The Kier molecular flexibility index (Phi) is 3.97. The number of nitrogens with zero attached hydrogens (tertiary/aromatic N) is 1. The van der Waals surface area contributed by atoms with Crippen molar-refractivity contribution < 1.29 is 19.4 Å². The summed E-state index contributed by atoms with van der Waals surface area (Å²) in [4.78, 5) is 14.3. The maximum absolute atomic E-state index is 10.4. The molecule has 98 valence electrons. The molecule has 2 rings (SSSR count). The zero-order chi connectivity index (χ0) is 13.7. The second-order valence-corrected chi connectivity index (χ2v) is 3.99. The van der Waals surface area contributed by atoms with Crippen LogP contribution < -0.4 is 0 Å². The fraction of sp³-hybridized carbons (Fsp3) is 0.143. The van der Waals surface area contributed by atoms with Crippen molar-refractivity contribution in [2.24, 2.45) is 0 Å². The first-order valence-electron chi connectivity index (χ1n) is 5.78. The van der Waals surface area contributed by atoms with Crippen molar-refractivity contribution in [3.8, 4) is 0 Å². The summed E-state index contributed by atoms with van der Waals surface area (Å²) in [6, 6.07) is 9.93. The van der Waals surface area contributed by atoms with Crippen molar-refractivity contribution in [2.75, 3.05) is 0 Å². The second kappa shape index (κ2) is 5.86. The quantitative estimate of drug-likeness (QED) is 0.636. The molecule has 5 heteroatoms. The number of rotatable bonds is 5. The lowest BCUT2D eigenvalue weighted by Crippen LogP contribution is -1.98. The number of hydrogen-bond acceptors (Lipinski definition) is 4. The molecule has 2 N–H and O–H groups in total. The van der Waals surface area contributed by atoms with E-state index in [0.717, 1.165) is 12.5 Å². The standard InChI is InChI=1S/C14H13NO4/c16-12(14(17)18)8-13-15-9-11(19-13)7-6-10-4-2-1-3-5-10/h1-5,8-9,16H,6-7H2,(H,17,18)/b12-8-. The minimum absolute atomic E-state index is 0.0861. The molecule has 1 heterocycles. The number of carbonyl (C=O) groups is 1. The van der Waals surface area contributed by atoms with Crippen molar-refractivity contribution in [2.45, 2.75) is 12.8 Å². The number of aliphatic carboxylic acids is 1. The van der Waals surface area contributed by atoms with Gasteiger partial charge in [0, 0.05) is 6.42 Å². The number of aliphatic hydroxyl groups is 1. The summed E-state index contributed by atoms with van der Waals surface area (Å²) in [7, 11) is 0. The van der Waals surface area contributed by atoms with Gasteiger partial charge < -0.3 is 14.6 Å². The van der Waals surface area contributed by atoms with E-state index >= 15 is 0 Å². The highest BCUT2D eigenvalue weighted by molar-refractivity contribution is 5.88. The molecule has 0 aliphatic heterocycles. The molecule has 0 spiro atoms. The van der Waals surface area contributed by atoms with E-state index in [-0.39, 0.29) is 5.89 Å². The van der Waals surface area contributed by atoms with Crippen LogP contribution in [0, 0.1) is 0 Å². The lowest BCUT2D eigenvalue weighted by Gasteiger charge is -1.97. The highest BCUT2D eigenvalue weighted by Gasteiger charge is 2.07. The molecular weight excluding hydrogens is 246 g/mol. The van der Waals surface area contributed by atoms with E-state index in [9.17, 15) is 4.79 Å². The predicted octanol–water partition coefficient (Wildman–Crippen LogP) is 2.44. The zero-order valence-corrected chi connectivity index (χ0v) is 10.1. The maximum atomic E-state index is 10.4. The molecule has 0 bridgehead atoms. The van der Waals surface area contributed by atoms with Crippen LogP contribution in [0.1, 0.15) is 17.2 Å². The monoisotopic (exact) mass is 259 g/mol. The number of aliphatic hydroxyl groups excluding tert-OH is 1. The van der Waals surface area contributed by atoms with Crippen LogP contribution in [0.4, 0.5) is 0 Å². The molecule has 2 aromatic rings. The maximum Gasteiger partial charge on any atom is 0.371 e. The molecule has 0 aliphatic carbocycles. The van der Waals surface area contributed by atoms with Gasteiger partial charge in [0.25, 0.3) is 0 Å². The van der Waals surface area contributed by atoms with Crippen molar-refractivity contribution in [3.05, 3.63) is 59.5 Å². The predicted molar refractivity (Wildman–Crippen MR) is 68.6 cm³/mol. The van der Waals surface area contributed by atoms with Crippen molar-refractivity contribution in [3.63, 3.8) is 0 Å². The molecule has 0 saturated carbocycles. The Labute approximate surface area is 109 Å². The molecule has 0 fully saturated rings. The van der Waals surface area contributed by atoms with Crippen LogP contribution in [-0.4, -0.2) is 21.2 Å². The molecule has 0 radical (unpaired) electrons. The van der Waals surface area contributed by atoms with E-state index in [2.05, 4.69) is 4.98 Å². The van der Waals surface area contributed by atoms with Gasteiger partial charge in [0.2, 0.25) is 11.6 Å². The van der Waals surface area contributed by atoms with Gasteiger partial charge in [-0.2, -0.15) is 0 Å². The number of oxazole rings is 1. The van der Waals surface area contributed by atoms with Gasteiger partial charge >= 0.3 is 5.97 Å². The molecule has 1 aromatic carbocycles. The Morgan fingerprint density at radius 2 is 1.95 bits per heavy atom. The molecule has 19 heavy (non-hydrogen) atoms. The Bertz CT molecular complexity index is 587. The first kappa shape index (κ1) is 12.9. The highest BCUT2D eigenvalue weighted by Crippen LogP contribution is 2.11. The minimum Gasteiger partial charge on any atom is -0.502 e. The molecule has 0 aliphatic rings. The van der Waals surface area contributed by atoms with Gasteiger partial charge in [0.05, 0.1) is 12.3 Å². The third-order valence-corrected chi connectivity index (χ3v) is 2.55. The van der Waals surface area contributed by atoms with Crippen LogP contribution >= 0.6 is 0 Å². The van der Waals surface area contributed by atoms with E-state index < -0.39 is 11.7 Å². The molecule has 0 saturated heterocycles. The Hall–Kier alpha value is -2.56. The van der Waals surface area contributed by atoms with Crippen LogP contribution in [0.3, 0.4) is 0 Å². The lowest BCUT2D eigenvalue weighted by molar-refractivity contribution is -0.135. The van der Waals surface area contributed by atoms with Gasteiger partial charge in [-0.25, -0.2) is 9.78 Å². The van der Waals surface area contributed by atoms with Gasteiger partial charge in [-0.15, -0.1) is 0 Å². The van der Waals surface area contributed by atoms with Crippen molar-refractivity contribution in [1.29, 1.82) is 0 Å².